The number of nitrogens with zero attached hydrogens (tertiary/aromatic N) is 2. The first-order valence-corrected chi connectivity index (χ1v) is 8.82. The highest BCUT2D eigenvalue weighted by molar-refractivity contribution is 7.21. The molecule has 1 amide bonds. The molecule has 0 radical (unpaired) electrons. The third-order valence-electron chi connectivity index (χ3n) is 3.87. The van der Waals surface area contributed by atoms with Crippen LogP contribution < -0.4 is 10.1 Å². The van der Waals surface area contributed by atoms with Crippen molar-refractivity contribution in [1.29, 1.82) is 0 Å². The second-order valence-electron chi connectivity index (χ2n) is 5.61. The summed E-state index contributed by atoms with van der Waals surface area (Å²) in [5.74, 6) is 0.459. The Hall–Kier alpha value is -3.25. The number of aromatic nitrogens is 2. The minimum Gasteiger partial charge on any atom is -0.497 e. The van der Waals surface area contributed by atoms with Crippen LogP contribution in [0.1, 0.15) is 10.4 Å². The van der Waals surface area contributed by atoms with E-state index < -0.39 is 0 Å². The van der Waals surface area contributed by atoms with Crippen LogP contribution >= 0.6 is 11.3 Å². The Morgan fingerprint density at radius 1 is 1.08 bits per heavy atom. The van der Waals surface area contributed by atoms with Gasteiger partial charge in [0.15, 0.2) is 0 Å². The van der Waals surface area contributed by atoms with Gasteiger partial charge in [-0.3, -0.25) is 4.79 Å². The molecule has 0 spiro atoms. The predicted octanol–water partition coefficient (Wildman–Crippen LogP) is 4.62. The molecule has 128 valence electrons. The van der Waals surface area contributed by atoms with Crippen LogP contribution in [0.15, 0.2) is 66.9 Å². The molecule has 0 bridgehead atoms. The number of pyridine rings is 1. The van der Waals surface area contributed by atoms with Crippen LogP contribution in [0.5, 0.6) is 5.75 Å². The number of anilines is 1. The third-order valence-corrected chi connectivity index (χ3v) is 4.89. The van der Waals surface area contributed by atoms with Crippen LogP contribution in [-0.2, 0) is 0 Å². The summed E-state index contributed by atoms with van der Waals surface area (Å²) in [6.45, 7) is 0. The maximum Gasteiger partial charge on any atom is 0.255 e. The summed E-state index contributed by atoms with van der Waals surface area (Å²) in [5, 5.41) is 3.79. The first-order chi connectivity index (χ1) is 12.7. The maximum absolute atomic E-state index is 12.5. The Bertz CT molecular complexity index is 1060. The molecule has 1 N–H and O–H groups in total. The van der Waals surface area contributed by atoms with Crippen molar-refractivity contribution in [1.82, 2.24) is 9.97 Å². The number of hydrogen-bond acceptors (Lipinski definition) is 5. The van der Waals surface area contributed by atoms with Crippen LogP contribution in [0.3, 0.4) is 0 Å². The summed E-state index contributed by atoms with van der Waals surface area (Å²) < 4.78 is 5.17. The Labute approximate surface area is 154 Å². The van der Waals surface area contributed by atoms with E-state index in [1.807, 2.05) is 36.4 Å². The molecule has 2 heterocycles. The number of nitrogens with one attached hydrogen (secondary N) is 1. The maximum atomic E-state index is 12.5. The molecule has 0 aliphatic rings. The SMILES string of the molecule is COc1cccc(C(=O)Nc2cccc(-c3nc4cccnc4s3)c2)c1. The van der Waals surface area contributed by atoms with Gasteiger partial charge >= 0.3 is 0 Å². The molecular formula is C20H15N3O2S. The molecule has 0 atom stereocenters. The van der Waals surface area contributed by atoms with E-state index in [1.54, 1.807) is 37.6 Å². The number of carbonyl (C=O) groups excluding carboxylic acids is 1. The van der Waals surface area contributed by atoms with Crippen molar-refractivity contribution in [3.8, 4) is 16.3 Å². The molecule has 0 saturated carbocycles. The highest BCUT2D eigenvalue weighted by Crippen LogP contribution is 2.30. The van der Waals surface area contributed by atoms with E-state index in [0.717, 1.165) is 20.9 Å². The van der Waals surface area contributed by atoms with Crippen molar-refractivity contribution < 1.29 is 9.53 Å². The van der Waals surface area contributed by atoms with E-state index in [0.29, 0.717) is 17.0 Å². The lowest BCUT2D eigenvalue weighted by Crippen LogP contribution is -2.11. The van der Waals surface area contributed by atoms with Crippen molar-refractivity contribution >= 4 is 33.3 Å². The van der Waals surface area contributed by atoms with Crippen LogP contribution in [-0.4, -0.2) is 23.0 Å². The fourth-order valence-corrected chi connectivity index (χ4v) is 3.49. The molecule has 5 nitrogen and oxygen atoms in total. The normalized spacial score (nSPS) is 10.7. The molecule has 0 aliphatic heterocycles. The zero-order valence-electron chi connectivity index (χ0n) is 14.0. The van der Waals surface area contributed by atoms with Gasteiger partial charge < -0.3 is 10.1 Å². The Balaban J connectivity index is 1.60. The first kappa shape index (κ1) is 16.2. The number of amides is 1. The van der Waals surface area contributed by atoms with Gasteiger partial charge in [0.05, 0.1) is 7.11 Å². The zero-order chi connectivity index (χ0) is 17.9. The molecule has 4 aromatic rings. The fourth-order valence-electron chi connectivity index (χ4n) is 2.59. The lowest BCUT2D eigenvalue weighted by atomic mass is 10.1. The number of hydrogen-bond donors (Lipinski definition) is 1. The molecule has 4 rings (SSSR count). The van der Waals surface area contributed by atoms with Crippen LogP contribution in [0.4, 0.5) is 5.69 Å². The quantitative estimate of drug-likeness (QED) is 0.576. The second-order valence-corrected chi connectivity index (χ2v) is 6.59. The van der Waals surface area contributed by atoms with Crippen molar-refractivity contribution in [2.75, 3.05) is 12.4 Å². The number of benzene rings is 2. The highest BCUT2D eigenvalue weighted by Gasteiger charge is 2.10. The van der Waals surface area contributed by atoms with Gasteiger partial charge in [0.2, 0.25) is 0 Å². The molecule has 2 aromatic carbocycles. The monoisotopic (exact) mass is 361 g/mol. The number of thiazole rings is 1. The zero-order valence-corrected chi connectivity index (χ0v) is 14.8. The Kier molecular flexibility index (Phi) is 4.33. The lowest BCUT2D eigenvalue weighted by molar-refractivity contribution is 0.102. The van der Waals surface area contributed by atoms with Crippen molar-refractivity contribution in [2.45, 2.75) is 0 Å². The summed E-state index contributed by atoms with van der Waals surface area (Å²) >= 11 is 1.53. The summed E-state index contributed by atoms with van der Waals surface area (Å²) in [6, 6.07) is 18.5. The van der Waals surface area contributed by atoms with E-state index in [9.17, 15) is 4.79 Å². The smallest absolute Gasteiger partial charge is 0.255 e. The lowest BCUT2D eigenvalue weighted by Gasteiger charge is -2.07. The van der Waals surface area contributed by atoms with Crippen molar-refractivity contribution in [3.05, 3.63) is 72.4 Å². The van der Waals surface area contributed by atoms with Gasteiger partial charge in [0.25, 0.3) is 5.91 Å². The predicted molar refractivity (Wildman–Crippen MR) is 104 cm³/mol. The standard InChI is InChI=1S/C20H15N3O2S/c1-25-16-8-3-5-13(12-16)18(24)22-15-7-2-6-14(11-15)19-23-17-9-4-10-21-20(17)26-19/h2-12H,1H3,(H,22,24). The van der Waals surface area contributed by atoms with E-state index in [4.69, 9.17) is 4.74 Å². The van der Waals surface area contributed by atoms with E-state index >= 15 is 0 Å². The average Bonchev–Trinajstić information content (AvgIpc) is 3.12. The Morgan fingerprint density at radius 2 is 1.96 bits per heavy atom. The molecule has 2 aromatic heterocycles. The van der Waals surface area contributed by atoms with E-state index in [-0.39, 0.29) is 5.91 Å². The number of rotatable bonds is 4. The summed E-state index contributed by atoms with van der Waals surface area (Å²) in [6.07, 6.45) is 1.76. The van der Waals surface area contributed by atoms with Crippen LogP contribution in [0.2, 0.25) is 0 Å². The van der Waals surface area contributed by atoms with Crippen molar-refractivity contribution in [3.63, 3.8) is 0 Å². The number of carbonyl (C=O) groups is 1. The minimum atomic E-state index is -0.188. The second kappa shape index (κ2) is 6.93. The van der Waals surface area contributed by atoms with Crippen LogP contribution in [0.25, 0.3) is 20.9 Å². The van der Waals surface area contributed by atoms with E-state index in [1.165, 1.54) is 11.3 Å². The Morgan fingerprint density at radius 3 is 2.81 bits per heavy atom. The van der Waals surface area contributed by atoms with Crippen molar-refractivity contribution in [2.24, 2.45) is 0 Å². The molecule has 0 saturated heterocycles. The topological polar surface area (TPSA) is 64.1 Å². The van der Waals surface area contributed by atoms with E-state index in [2.05, 4.69) is 15.3 Å². The molecule has 0 fully saturated rings. The fraction of sp³-hybridized carbons (Fsp3) is 0.0500. The largest absolute Gasteiger partial charge is 0.497 e. The first-order valence-electron chi connectivity index (χ1n) is 8.00. The summed E-state index contributed by atoms with van der Waals surface area (Å²) in [5.41, 5.74) is 3.07. The van der Waals surface area contributed by atoms with Gasteiger partial charge in [0.1, 0.15) is 21.1 Å². The third kappa shape index (κ3) is 3.27. The van der Waals surface area contributed by atoms with Gasteiger partial charge in [-0.05, 0) is 42.5 Å². The highest BCUT2D eigenvalue weighted by atomic mass is 32.1. The summed E-state index contributed by atoms with van der Waals surface area (Å²) in [4.78, 5) is 22.3. The number of ether oxygens (including phenoxy) is 1. The van der Waals surface area contributed by atoms with Gasteiger partial charge in [-0.15, -0.1) is 0 Å². The summed E-state index contributed by atoms with van der Waals surface area (Å²) in [7, 11) is 1.58. The molecule has 0 unspecified atom stereocenters. The van der Waals surface area contributed by atoms with Gasteiger partial charge in [-0.1, -0.05) is 29.5 Å². The number of fused-ring (bicyclic) bond motifs is 1. The van der Waals surface area contributed by atoms with Gasteiger partial charge in [-0.2, -0.15) is 0 Å². The molecule has 6 heteroatoms. The minimum absolute atomic E-state index is 0.188. The average molecular weight is 361 g/mol. The molecule has 0 aliphatic carbocycles. The van der Waals surface area contributed by atoms with Crippen LogP contribution in [0, 0.1) is 0 Å². The van der Waals surface area contributed by atoms with Gasteiger partial charge in [-0.25, -0.2) is 9.97 Å². The molecule has 26 heavy (non-hydrogen) atoms. The number of methoxy groups -OCH3 is 1. The van der Waals surface area contributed by atoms with Gasteiger partial charge in [0, 0.05) is 23.0 Å². The molecular weight excluding hydrogens is 346 g/mol.